The lowest BCUT2D eigenvalue weighted by Crippen LogP contribution is -2.21. The Morgan fingerprint density at radius 2 is 2.20 bits per heavy atom. The van der Waals surface area contributed by atoms with E-state index in [2.05, 4.69) is 24.1 Å². The van der Waals surface area contributed by atoms with E-state index in [1.807, 2.05) is 11.4 Å². The van der Waals surface area contributed by atoms with Gasteiger partial charge in [-0.25, -0.2) is 4.98 Å². The Balaban J connectivity index is 2.24. The Morgan fingerprint density at radius 3 is 2.85 bits per heavy atom. The zero-order chi connectivity index (χ0) is 14.7. The number of nitro benzene ring substituents is 1. The van der Waals surface area contributed by atoms with Gasteiger partial charge in [-0.3, -0.25) is 10.1 Å². The third-order valence-electron chi connectivity index (χ3n) is 2.91. The molecular formula is C14H17N3O2S. The molecule has 0 aliphatic heterocycles. The van der Waals surface area contributed by atoms with Crippen LogP contribution in [-0.2, 0) is 6.54 Å². The Hall–Kier alpha value is -1.79. The summed E-state index contributed by atoms with van der Waals surface area (Å²) in [5, 5.41) is 17.2. The second-order valence-electron chi connectivity index (χ2n) is 4.92. The molecule has 0 radical (unpaired) electrons. The summed E-state index contributed by atoms with van der Waals surface area (Å²) in [5.41, 5.74) is 2.38. The van der Waals surface area contributed by atoms with E-state index in [0.717, 1.165) is 22.8 Å². The van der Waals surface area contributed by atoms with Crippen LogP contribution in [0.1, 0.15) is 24.4 Å². The molecule has 1 N–H and O–H groups in total. The van der Waals surface area contributed by atoms with E-state index in [0.29, 0.717) is 11.6 Å². The normalized spacial score (nSPS) is 11.0. The predicted octanol–water partition coefficient (Wildman–Crippen LogP) is 3.52. The number of hydrogen-bond donors (Lipinski definition) is 1. The van der Waals surface area contributed by atoms with Crippen molar-refractivity contribution in [3.8, 4) is 11.3 Å². The van der Waals surface area contributed by atoms with Gasteiger partial charge in [-0.15, -0.1) is 11.3 Å². The van der Waals surface area contributed by atoms with E-state index in [-0.39, 0.29) is 10.6 Å². The lowest BCUT2D eigenvalue weighted by molar-refractivity contribution is -0.385. The predicted molar refractivity (Wildman–Crippen MR) is 80.9 cm³/mol. The maximum absolute atomic E-state index is 11.0. The SMILES string of the molecule is Cc1ccc(-c2csc(CNC(C)C)n2)cc1[N+](=O)[O-]. The molecule has 5 nitrogen and oxygen atoms in total. The molecule has 0 aliphatic rings. The van der Waals surface area contributed by atoms with Crippen molar-refractivity contribution in [1.82, 2.24) is 10.3 Å². The molecule has 0 bridgehead atoms. The Bertz CT molecular complexity index is 623. The Morgan fingerprint density at radius 1 is 1.45 bits per heavy atom. The minimum absolute atomic E-state index is 0.136. The van der Waals surface area contributed by atoms with Crippen LogP contribution in [0.2, 0.25) is 0 Å². The van der Waals surface area contributed by atoms with Gasteiger partial charge in [0.25, 0.3) is 5.69 Å². The highest BCUT2D eigenvalue weighted by Gasteiger charge is 2.13. The molecule has 1 heterocycles. The first-order valence-corrected chi connectivity index (χ1v) is 7.28. The molecular weight excluding hydrogens is 274 g/mol. The fraction of sp³-hybridized carbons (Fsp3) is 0.357. The first kappa shape index (κ1) is 14.6. The van der Waals surface area contributed by atoms with Gasteiger partial charge in [0.2, 0.25) is 0 Å². The van der Waals surface area contributed by atoms with Crippen molar-refractivity contribution in [1.29, 1.82) is 0 Å². The van der Waals surface area contributed by atoms with Gasteiger partial charge in [0.05, 0.1) is 10.6 Å². The second-order valence-corrected chi connectivity index (χ2v) is 5.86. The number of hydrogen-bond acceptors (Lipinski definition) is 5. The molecule has 0 spiro atoms. The Labute approximate surface area is 121 Å². The van der Waals surface area contributed by atoms with Gasteiger partial charge in [0.1, 0.15) is 5.01 Å². The van der Waals surface area contributed by atoms with E-state index in [1.54, 1.807) is 30.4 Å². The molecule has 106 valence electrons. The Kier molecular flexibility index (Phi) is 4.46. The molecule has 20 heavy (non-hydrogen) atoms. The minimum Gasteiger partial charge on any atom is -0.308 e. The van der Waals surface area contributed by atoms with Crippen molar-refractivity contribution >= 4 is 17.0 Å². The summed E-state index contributed by atoms with van der Waals surface area (Å²) in [6, 6.07) is 5.63. The first-order chi connectivity index (χ1) is 9.47. The summed E-state index contributed by atoms with van der Waals surface area (Å²) in [6.45, 7) is 6.62. The molecule has 0 saturated heterocycles. The number of aromatic nitrogens is 1. The van der Waals surface area contributed by atoms with Crippen molar-refractivity contribution in [2.75, 3.05) is 0 Å². The summed E-state index contributed by atoms with van der Waals surface area (Å²) >= 11 is 1.56. The van der Waals surface area contributed by atoms with E-state index in [4.69, 9.17) is 0 Å². The third-order valence-corrected chi connectivity index (χ3v) is 3.76. The van der Waals surface area contributed by atoms with Crippen LogP contribution in [0.3, 0.4) is 0 Å². The van der Waals surface area contributed by atoms with Gasteiger partial charge in [-0.1, -0.05) is 26.0 Å². The molecule has 0 unspecified atom stereocenters. The number of nitrogens with zero attached hydrogens (tertiary/aromatic N) is 2. The standard InChI is InChI=1S/C14H17N3O2S/c1-9(2)15-7-14-16-12(8-20-14)11-5-4-10(3)13(6-11)17(18)19/h4-6,8-9,15H,7H2,1-3H3. The van der Waals surface area contributed by atoms with Crippen molar-refractivity contribution in [3.05, 3.63) is 44.3 Å². The van der Waals surface area contributed by atoms with Crippen molar-refractivity contribution < 1.29 is 4.92 Å². The highest BCUT2D eigenvalue weighted by Crippen LogP contribution is 2.27. The molecule has 2 aromatic rings. The van der Waals surface area contributed by atoms with Crippen LogP contribution in [0.5, 0.6) is 0 Å². The van der Waals surface area contributed by atoms with Crippen LogP contribution >= 0.6 is 11.3 Å². The number of nitro groups is 1. The second kappa shape index (κ2) is 6.11. The zero-order valence-electron chi connectivity index (χ0n) is 11.7. The zero-order valence-corrected chi connectivity index (χ0v) is 12.5. The summed E-state index contributed by atoms with van der Waals surface area (Å²) in [7, 11) is 0. The molecule has 0 aliphatic carbocycles. The van der Waals surface area contributed by atoms with Crippen LogP contribution in [0.15, 0.2) is 23.6 Å². The largest absolute Gasteiger partial charge is 0.308 e. The van der Waals surface area contributed by atoms with E-state index in [1.165, 1.54) is 0 Å². The monoisotopic (exact) mass is 291 g/mol. The van der Waals surface area contributed by atoms with E-state index >= 15 is 0 Å². The first-order valence-electron chi connectivity index (χ1n) is 6.40. The third kappa shape index (κ3) is 3.40. The number of thiazole rings is 1. The average molecular weight is 291 g/mol. The van der Waals surface area contributed by atoms with Crippen LogP contribution in [0, 0.1) is 17.0 Å². The van der Waals surface area contributed by atoms with Crippen LogP contribution in [0.4, 0.5) is 5.69 Å². The van der Waals surface area contributed by atoms with Crippen molar-refractivity contribution in [2.45, 2.75) is 33.4 Å². The van der Waals surface area contributed by atoms with E-state index < -0.39 is 0 Å². The number of rotatable bonds is 5. The molecule has 0 saturated carbocycles. The van der Waals surface area contributed by atoms with Gasteiger partial charge in [0.15, 0.2) is 0 Å². The minimum atomic E-state index is -0.355. The van der Waals surface area contributed by atoms with Gasteiger partial charge in [-0.05, 0) is 6.92 Å². The topological polar surface area (TPSA) is 68.1 Å². The van der Waals surface area contributed by atoms with Gasteiger partial charge >= 0.3 is 0 Å². The van der Waals surface area contributed by atoms with Crippen LogP contribution in [-0.4, -0.2) is 15.9 Å². The summed E-state index contributed by atoms with van der Waals surface area (Å²) in [4.78, 5) is 15.1. The van der Waals surface area contributed by atoms with E-state index in [9.17, 15) is 10.1 Å². The molecule has 1 aromatic heterocycles. The molecule has 6 heteroatoms. The molecule has 0 amide bonds. The maximum atomic E-state index is 11.0. The molecule has 2 rings (SSSR count). The summed E-state index contributed by atoms with van der Waals surface area (Å²) < 4.78 is 0. The summed E-state index contributed by atoms with van der Waals surface area (Å²) in [5.74, 6) is 0. The number of benzene rings is 1. The van der Waals surface area contributed by atoms with Gasteiger partial charge in [-0.2, -0.15) is 0 Å². The molecule has 0 fully saturated rings. The average Bonchev–Trinajstić information content (AvgIpc) is 2.85. The molecule has 0 atom stereocenters. The molecule has 1 aromatic carbocycles. The van der Waals surface area contributed by atoms with Gasteiger partial charge in [0, 0.05) is 35.2 Å². The lowest BCUT2D eigenvalue weighted by atomic mass is 10.1. The van der Waals surface area contributed by atoms with Crippen molar-refractivity contribution in [2.24, 2.45) is 0 Å². The fourth-order valence-corrected chi connectivity index (χ4v) is 2.54. The highest BCUT2D eigenvalue weighted by molar-refractivity contribution is 7.09. The number of aryl methyl sites for hydroxylation is 1. The lowest BCUT2D eigenvalue weighted by Gasteiger charge is -2.04. The van der Waals surface area contributed by atoms with Crippen molar-refractivity contribution in [3.63, 3.8) is 0 Å². The van der Waals surface area contributed by atoms with Crippen LogP contribution < -0.4 is 5.32 Å². The van der Waals surface area contributed by atoms with Crippen LogP contribution in [0.25, 0.3) is 11.3 Å². The maximum Gasteiger partial charge on any atom is 0.272 e. The smallest absolute Gasteiger partial charge is 0.272 e. The quantitative estimate of drug-likeness (QED) is 0.676. The van der Waals surface area contributed by atoms with Gasteiger partial charge < -0.3 is 5.32 Å². The summed E-state index contributed by atoms with van der Waals surface area (Å²) in [6.07, 6.45) is 0. The highest BCUT2D eigenvalue weighted by atomic mass is 32.1. The number of nitrogens with one attached hydrogen (secondary N) is 1. The fourth-order valence-electron chi connectivity index (χ4n) is 1.78.